The summed E-state index contributed by atoms with van der Waals surface area (Å²) in [5.41, 5.74) is 0. The lowest BCUT2D eigenvalue weighted by Gasteiger charge is -2.36. The maximum Gasteiger partial charge on any atom is 0.133 e. The highest BCUT2D eigenvalue weighted by molar-refractivity contribution is 9.10. The second-order valence-corrected chi connectivity index (χ2v) is 6.84. The van der Waals surface area contributed by atoms with E-state index in [1.165, 1.54) is 0 Å². The molecule has 2 rings (SSSR count). The summed E-state index contributed by atoms with van der Waals surface area (Å²) in [7, 11) is 0. The number of para-hydroxylation sites is 1. The molecule has 6 heteroatoms. The molecule has 0 aromatic heterocycles. The summed E-state index contributed by atoms with van der Waals surface area (Å²) in [5.74, 6) is 0.799. The molecule has 1 aliphatic heterocycles. The summed E-state index contributed by atoms with van der Waals surface area (Å²) in [6.07, 6.45) is -0.0647. The average Bonchev–Trinajstić information content (AvgIpc) is 2.47. The predicted molar refractivity (Wildman–Crippen MR) is 92.9 cm³/mol. The largest absolute Gasteiger partial charge is 0.490 e. The number of ether oxygens (including phenoxy) is 3. The van der Waals surface area contributed by atoms with Crippen molar-refractivity contribution in [2.75, 3.05) is 39.5 Å². The number of β-amino-alcohol motifs (C(OH)–C–C–N with tert-alkyl or cyclic N) is 1. The van der Waals surface area contributed by atoms with Gasteiger partial charge in [-0.3, -0.25) is 4.90 Å². The van der Waals surface area contributed by atoms with Crippen LogP contribution in [-0.2, 0) is 9.47 Å². The van der Waals surface area contributed by atoms with Gasteiger partial charge in [-0.15, -0.1) is 0 Å². The van der Waals surface area contributed by atoms with Gasteiger partial charge in [0, 0.05) is 19.6 Å². The van der Waals surface area contributed by atoms with Crippen molar-refractivity contribution < 1.29 is 19.3 Å². The van der Waals surface area contributed by atoms with Crippen molar-refractivity contribution in [3.63, 3.8) is 0 Å². The van der Waals surface area contributed by atoms with Crippen LogP contribution in [-0.4, -0.2) is 67.8 Å². The fraction of sp³-hybridized carbons (Fsp3) is 0.647. The van der Waals surface area contributed by atoms with Crippen LogP contribution in [0.1, 0.15) is 13.8 Å². The summed E-state index contributed by atoms with van der Waals surface area (Å²) < 4.78 is 17.7. The van der Waals surface area contributed by atoms with Crippen molar-refractivity contribution in [2.24, 2.45) is 0 Å². The first-order valence-corrected chi connectivity index (χ1v) is 8.85. The second kappa shape index (κ2) is 9.59. The van der Waals surface area contributed by atoms with E-state index in [0.29, 0.717) is 26.4 Å². The molecule has 1 N–H and O–H groups in total. The molecule has 0 aliphatic carbocycles. The number of hydrogen-bond donors (Lipinski definition) is 1. The van der Waals surface area contributed by atoms with Crippen molar-refractivity contribution >= 4 is 15.9 Å². The molecule has 1 aromatic rings. The molecule has 3 atom stereocenters. The summed E-state index contributed by atoms with van der Waals surface area (Å²) in [6.45, 7) is 7.67. The molecule has 0 bridgehead atoms. The number of benzene rings is 1. The highest BCUT2D eigenvalue weighted by Crippen LogP contribution is 2.23. The quantitative estimate of drug-likeness (QED) is 0.693. The molecule has 0 saturated carbocycles. The molecule has 0 amide bonds. The van der Waals surface area contributed by atoms with Gasteiger partial charge in [-0.2, -0.15) is 0 Å². The molecule has 23 heavy (non-hydrogen) atoms. The lowest BCUT2D eigenvalue weighted by atomic mass is 10.2. The van der Waals surface area contributed by atoms with E-state index in [9.17, 15) is 5.11 Å². The van der Waals surface area contributed by atoms with Crippen LogP contribution in [0.25, 0.3) is 0 Å². The van der Waals surface area contributed by atoms with Crippen LogP contribution in [0, 0.1) is 0 Å². The van der Waals surface area contributed by atoms with E-state index in [0.717, 1.165) is 23.3 Å². The monoisotopic (exact) mass is 387 g/mol. The fourth-order valence-electron chi connectivity index (χ4n) is 2.78. The van der Waals surface area contributed by atoms with Crippen LogP contribution >= 0.6 is 15.9 Å². The molecular formula is C17H26BrNO4. The Morgan fingerprint density at radius 2 is 1.96 bits per heavy atom. The zero-order valence-corrected chi connectivity index (χ0v) is 15.4. The Morgan fingerprint density at radius 3 is 2.65 bits per heavy atom. The minimum absolute atomic E-state index is 0.213. The van der Waals surface area contributed by atoms with E-state index >= 15 is 0 Å². The summed E-state index contributed by atoms with van der Waals surface area (Å²) in [5, 5.41) is 10.1. The zero-order valence-electron chi connectivity index (χ0n) is 13.8. The summed E-state index contributed by atoms with van der Waals surface area (Å²) in [4.78, 5) is 2.23. The Bertz CT molecular complexity index is 464. The number of rotatable bonds is 8. The lowest BCUT2D eigenvalue weighted by molar-refractivity contribution is -0.0824. The van der Waals surface area contributed by atoms with E-state index < -0.39 is 6.10 Å². The highest BCUT2D eigenvalue weighted by atomic mass is 79.9. The molecule has 1 saturated heterocycles. The average molecular weight is 388 g/mol. The number of morpholine rings is 1. The standard InChI is InChI=1S/C17H26BrNO4/c1-13-9-19(10-14(2)23-13)11-15(20)12-21-7-8-22-17-6-4-3-5-16(17)18/h3-6,13-15,20H,7-12H2,1-2H3/t13-,14-,15-/m0/s1. The molecule has 0 radical (unpaired) electrons. The smallest absolute Gasteiger partial charge is 0.133 e. The Kier molecular flexibility index (Phi) is 7.79. The first kappa shape index (κ1) is 18.7. The predicted octanol–water partition coefficient (Wildman–Crippen LogP) is 2.31. The Hall–Kier alpha value is -0.660. The van der Waals surface area contributed by atoms with Crippen molar-refractivity contribution in [3.8, 4) is 5.75 Å². The third-order valence-electron chi connectivity index (χ3n) is 3.60. The van der Waals surface area contributed by atoms with Crippen LogP contribution in [0.2, 0.25) is 0 Å². The molecular weight excluding hydrogens is 362 g/mol. The molecule has 0 spiro atoms. The van der Waals surface area contributed by atoms with Gasteiger partial charge in [-0.25, -0.2) is 0 Å². The van der Waals surface area contributed by atoms with Crippen LogP contribution < -0.4 is 4.74 Å². The van der Waals surface area contributed by atoms with Crippen LogP contribution in [0.15, 0.2) is 28.7 Å². The molecule has 5 nitrogen and oxygen atoms in total. The van der Waals surface area contributed by atoms with E-state index in [-0.39, 0.29) is 12.2 Å². The van der Waals surface area contributed by atoms with Crippen molar-refractivity contribution in [3.05, 3.63) is 28.7 Å². The van der Waals surface area contributed by atoms with Crippen molar-refractivity contribution in [1.82, 2.24) is 4.90 Å². The number of hydrogen-bond acceptors (Lipinski definition) is 5. The fourth-order valence-corrected chi connectivity index (χ4v) is 3.18. The van der Waals surface area contributed by atoms with Gasteiger partial charge in [-0.05, 0) is 41.9 Å². The number of aliphatic hydroxyl groups excluding tert-OH is 1. The number of aliphatic hydroxyl groups is 1. The Labute approximate surface area is 146 Å². The van der Waals surface area contributed by atoms with Gasteiger partial charge >= 0.3 is 0 Å². The third kappa shape index (κ3) is 6.77. The number of nitrogens with zero attached hydrogens (tertiary/aromatic N) is 1. The minimum atomic E-state index is -0.490. The highest BCUT2D eigenvalue weighted by Gasteiger charge is 2.23. The molecule has 130 valence electrons. The maximum absolute atomic E-state index is 10.1. The molecule has 1 aromatic carbocycles. The van der Waals surface area contributed by atoms with E-state index in [1.54, 1.807) is 0 Å². The molecule has 1 fully saturated rings. The third-order valence-corrected chi connectivity index (χ3v) is 4.25. The maximum atomic E-state index is 10.1. The van der Waals surface area contributed by atoms with Gasteiger partial charge < -0.3 is 19.3 Å². The van der Waals surface area contributed by atoms with Gasteiger partial charge in [0.05, 0.1) is 36.0 Å². The SMILES string of the molecule is C[C@H]1CN(C[C@H](O)COCCOc2ccccc2Br)C[C@H](C)O1. The van der Waals surface area contributed by atoms with E-state index in [4.69, 9.17) is 14.2 Å². The zero-order chi connectivity index (χ0) is 16.7. The second-order valence-electron chi connectivity index (χ2n) is 5.98. The van der Waals surface area contributed by atoms with Crippen LogP contribution in [0.3, 0.4) is 0 Å². The number of halogens is 1. The van der Waals surface area contributed by atoms with Gasteiger partial charge in [0.15, 0.2) is 0 Å². The topological polar surface area (TPSA) is 51.2 Å². The van der Waals surface area contributed by atoms with Crippen LogP contribution in [0.4, 0.5) is 0 Å². The van der Waals surface area contributed by atoms with E-state index in [2.05, 4.69) is 34.7 Å². The normalized spacial score (nSPS) is 23.7. The lowest BCUT2D eigenvalue weighted by Crippen LogP contribution is -2.48. The minimum Gasteiger partial charge on any atom is -0.490 e. The van der Waals surface area contributed by atoms with Gasteiger partial charge in [0.25, 0.3) is 0 Å². The molecule has 1 aliphatic rings. The molecule has 1 heterocycles. The van der Waals surface area contributed by atoms with E-state index in [1.807, 2.05) is 24.3 Å². The summed E-state index contributed by atoms with van der Waals surface area (Å²) >= 11 is 3.43. The van der Waals surface area contributed by atoms with Gasteiger partial charge in [0.1, 0.15) is 12.4 Å². The van der Waals surface area contributed by atoms with Crippen molar-refractivity contribution in [1.29, 1.82) is 0 Å². The van der Waals surface area contributed by atoms with Gasteiger partial charge in [-0.1, -0.05) is 12.1 Å². The molecule has 0 unspecified atom stereocenters. The first-order chi connectivity index (χ1) is 11.0. The van der Waals surface area contributed by atoms with Gasteiger partial charge in [0.2, 0.25) is 0 Å². The Morgan fingerprint density at radius 1 is 1.26 bits per heavy atom. The first-order valence-electron chi connectivity index (χ1n) is 8.05. The summed E-state index contributed by atoms with van der Waals surface area (Å²) in [6, 6.07) is 7.70. The van der Waals surface area contributed by atoms with Crippen LogP contribution in [0.5, 0.6) is 5.75 Å². The Balaban J connectivity index is 1.58. The van der Waals surface area contributed by atoms with Crippen molar-refractivity contribution in [2.45, 2.75) is 32.2 Å².